The molecule has 1 unspecified atom stereocenters. The minimum Gasteiger partial charge on any atom is -0.397 e. The third-order valence-corrected chi connectivity index (χ3v) is 3.69. The Labute approximate surface area is 83.0 Å². The molecule has 4 heteroatoms. The lowest BCUT2D eigenvalue weighted by molar-refractivity contribution is 0.265. The van der Waals surface area contributed by atoms with Crippen LogP contribution in [0.5, 0.6) is 0 Å². The van der Waals surface area contributed by atoms with E-state index in [1.807, 2.05) is 13.8 Å². The highest BCUT2D eigenvalue weighted by Crippen LogP contribution is 2.14. The Morgan fingerprint density at radius 1 is 1.31 bits per heavy atom. The van der Waals surface area contributed by atoms with Crippen LogP contribution < -0.4 is 0 Å². The van der Waals surface area contributed by atoms with Crippen LogP contribution in [0.25, 0.3) is 0 Å². The number of nitrogens with zero attached hydrogens (tertiary/aromatic N) is 1. The molecule has 0 aliphatic carbocycles. The summed E-state index contributed by atoms with van der Waals surface area (Å²) in [5, 5.41) is 0. The summed E-state index contributed by atoms with van der Waals surface area (Å²) in [6, 6.07) is 0. The molecular weight excluding hydrogens is 182 g/mol. The molecule has 1 atom stereocenters. The van der Waals surface area contributed by atoms with Crippen molar-refractivity contribution >= 4 is 15.0 Å². The normalized spacial score (nSPS) is 13.1. The van der Waals surface area contributed by atoms with Crippen molar-refractivity contribution in [1.82, 2.24) is 0 Å². The number of hydrogen-bond acceptors (Lipinski definition) is 3. The summed E-state index contributed by atoms with van der Waals surface area (Å²) >= 11 is 0. The molecule has 0 amide bonds. The van der Waals surface area contributed by atoms with Crippen LogP contribution in [0.2, 0.25) is 5.54 Å². The van der Waals surface area contributed by atoms with Crippen LogP contribution in [-0.2, 0) is 8.85 Å². The van der Waals surface area contributed by atoms with Crippen molar-refractivity contribution in [3.05, 3.63) is 0 Å². The molecule has 0 bridgehead atoms. The molecule has 0 heterocycles. The monoisotopic (exact) mass is 202 g/mol. The molecule has 0 aromatic carbocycles. The fourth-order valence-electron chi connectivity index (χ4n) is 1.09. The van der Waals surface area contributed by atoms with Crippen molar-refractivity contribution in [2.24, 2.45) is 4.99 Å². The van der Waals surface area contributed by atoms with E-state index < -0.39 is 9.28 Å². The zero-order chi connectivity index (χ0) is 10.3. The highest BCUT2D eigenvalue weighted by Gasteiger charge is 2.20. The standard InChI is InChI=1S/C9H20NO2Si/c1-8(2)10-7-6-9(3)13(11-4)12-5/h9H,6-7H2,1-5H3. The molecule has 3 nitrogen and oxygen atoms in total. The minimum atomic E-state index is -1.07. The molecule has 0 saturated heterocycles. The highest BCUT2D eigenvalue weighted by molar-refractivity contribution is 6.46. The zero-order valence-electron chi connectivity index (χ0n) is 9.26. The van der Waals surface area contributed by atoms with Crippen LogP contribution in [-0.4, -0.2) is 35.8 Å². The van der Waals surface area contributed by atoms with Gasteiger partial charge in [0.15, 0.2) is 0 Å². The first kappa shape index (κ1) is 12.8. The van der Waals surface area contributed by atoms with Crippen LogP contribution in [0, 0.1) is 0 Å². The van der Waals surface area contributed by atoms with Crippen LogP contribution in [0.1, 0.15) is 27.2 Å². The Hall–Kier alpha value is -0.193. The van der Waals surface area contributed by atoms with Crippen LogP contribution in [0.4, 0.5) is 0 Å². The van der Waals surface area contributed by atoms with E-state index >= 15 is 0 Å². The van der Waals surface area contributed by atoms with Crippen molar-refractivity contribution in [3.63, 3.8) is 0 Å². The summed E-state index contributed by atoms with van der Waals surface area (Å²) in [7, 11) is 2.35. The van der Waals surface area contributed by atoms with Crippen LogP contribution in [0.3, 0.4) is 0 Å². The van der Waals surface area contributed by atoms with Gasteiger partial charge in [-0.25, -0.2) is 0 Å². The van der Waals surface area contributed by atoms with E-state index in [0.717, 1.165) is 18.7 Å². The van der Waals surface area contributed by atoms with Gasteiger partial charge in [0.25, 0.3) is 0 Å². The predicted octanol–water partition coefficient (Wildman–Crippen LogP) is 2.03. The first-order valence-corrected chi connectivity index (χ1v) is 5.93. The molecule has 13 heavy (non-hydrogen) atoms. The van der Waals surface area contributed by atoms with E-state index in [2.05, 4.69) is 11.9 Å². The van der Waals surface area contributed by atoms with Gasteiger partial charge in [0.2, 0.25) is 0 Å². The summed E-state index contributed by atoms with van der Waals surface area (Å²) in [4.78, 5) is 4.34. The van der Waals surface area contributed by atoms with Crippen molar-refractivity contribution < 1.29 is 8.85 Å². The molecule has 77 valence electrons. The summed E-state index contributed by atoms with van der Waals surface area (Å²) < 4.78 is 10.5. The average Bonchev–Trinajstić information content (AvgIpc) is 2.05. The zero-order valence-corrected chi connectivity index (χ0v) is 10.3. The fourth-order valence-corrected chi connectivity index (χ4v) is 2.42. The van der Waals surface area contributed by atoms with Crippen molar-refractivity contribution in [2.45, 2.75) is 32.7 Å². The molecular formula is C9H20NO2Si. The third-order valence-electron chi connectivity index (χ3n) is 1.79. The van der Waals surface area contributed by atoms with Crippen molar-refractivity contribution in [2.75, 3.05) is 20.8 Å². The van der Waals surface area contributed by atoms with Gasteiger partial charge in [0, 0.05) is 32.0 Å². The second kappa shape index (κ2) is 7.23. The summed E-state index contributed by atoms with van der Waals surface area (Å²) in [5.41, 5.74) is 1.62. The summed E-state index contributed by atoms with van der Waals surface area (Å²) in [6.45, 7) is 7.07. The number of rotatable bonds is 6. The number of hydrogen-bond donors (Lipinski definition) is 0. The lowest BCUT2D eigenvalue weighted by Crippen LogP contribution is -2.25. The van der Waals surface area contributed by atoms with Gasteiger partial charge in [0.05, 0.1) is 0 Å². The SMILES string of the molecule is CO[Si](OC)C(C)CCN=C(C)C. The van der Waals surface area contributed by atoms with Crippen molar-refractivity contribution in [3.8, 4) is 0 Å². The van der Waals surface area contributed by atoms with E-state index in [9.17, 15) is 0 Å². The molecule has 0 aliphatic rings. The van der Waals surface area contributed by atoms with Gasteiger partial charge in [0.1, 0.15) is 0 Å². The topological polar surface area (TPSA) is 30.8 Å². The van der Waals surface area contributed by atoms with E-state index in [1.54, 1.807) is 14.2 Å². The summed E-state index contributed by atoms with van der Waals surface area (Å²) in [5.74, 6) is 0. The molecule has 1 radical (unpaired) electrons. The van der Waals surface area contributed by atoms with Crippen LogP contribution in [0.15, 0.2) is 4.99 Å². The highest BCUT2D eigenvalue weighted by atomic mass is 28.3. The van der Waals surface area contributed by atoms with Gasteiger partial charge < -0.3 is 8.85 Å². The smallest absolute Gasteiger partial charge is 0.387 e. The van der Waals surface area contributed by atoms with E-state index in [4.69, 9.17) is 8.85 Å². The largest absolute Gasteiger partial charge is 0.397 e. The third kappa shape index (κ3) is 5.96. The maximum Gasteiger partial charge on any atom is 0.387 e. The van der Waals surface area contributed by atoms with Gasteiger partial charge >= 0.3 is 9.28 Å². The molecule has 0 N–H and O–H groups in total. The molecule has 0 spiro atoms. The van der Waals surface area contributed by atoms with Gasteiger partial charge in [-0.1, -0.05) is 6.92 Å². The summed E-state index contributed by atoms with van der Waals surface area (Å²) in [6.07, 6.45) is 1.04. The maximum atomic E-state index is 5.25. The van der Waals surface area contributed by atoms with E-state index in [-0.39, 0.29) is 0 Å². The Kier molecular flexibility index (Phi) is 7.13. The lowest BCUT2D eigenvalue weighted by Gasteiger charge is -2.15. The fraction of sp³-hybridized carbons (Fsp3) is 0.889. The van der Waals surface area contributed by atoms with Gasteiger partial charge in [-0.15, -0.1) is 0 Å². The average molecular weight is 202 g/mol. The van der Waals surface area contributed by atoms with E-state index in [0.29, 0.717) is 5.54 Å². The van der Waals surface area contributed by atoms with E-state index in [1.165, 1.54) is 0 Å². The van der Waals surface area contributed by atoms with Gasteiger partial charge in [-0.05, 0) is 20.3 Å². The lowest BCUT2D eigenvalue weighted by atomic mass is 10.3. The van der Waals surface area contributed by atoms with Gasteiger partial charge in [-0.2, -0.15) is 0 Å². The van der Waals surface area contributed by atoms with Crippen molar-refractivity contribution in [1.29, 1.82) is 0 Å². The molecule has 0 fully saturated rings. The first-order chi connectivity index (χ1) is 6.11. The molecule has 0 saturated carbocycles. The minimum absolute atomic E-state index is 0.489. The predicted molar refractivity (Wildman–Crippen MR) is 57.5 cm³/mol. The molecule has 0 aromatic rings. The Morgan fingerprint density at radius 3 is 2.23 bits per heavy atom. The molecule has 0 aliphatic heterocycles. The second-order valence-corrected chi connectivity index (χ2v) is 5.69. The quantitative estimate of drug-likeness (QED) is 0.487. The van der Waals surface area contributed by atoms with Crippen LogP contribution >= 0.6 is 0 Å². The maximum absolute atomic E-state index is 5.25. The molecule has 0 rings (SSSR count). The van der Waals surface area contributed by atoms with Gasteiger partial charge in [-0.3, -0.25) is 4.99 Å². The Bertz CT molecular complexity index is 154. The molecule has 0 aromatic heterocycles. The first-order valence-electron chi connectivity index (χ1n) is 4.54. The Balaban J connectivity index is 3.72. The second-order valence-electron chi connectivity index (χ2n) is 3.25. The Morgan fingerprint density at radius 2 is 1.85 bits per heavy atom. The number of aliphatic imine (C=N–C) groups is 1.